The highest BCUT2D eigenvalue weighted by Crippen LogP contribution is 2.31. The van der Waals surface area contributed by atoms with Crippen LogP contribution in [0.3, 0.4) is 0 Å². The van der Waals surface area contributed by atoms with E-state index in [9.17, 15) is 13.8 Å². The van der Waals surface area contributed by atoms with Crippen molar-refractivity contribution in [1.29, 1.82) is 0 Å². The number of aryl methyl sites for hydroxylation is 3. The summed E-state index contributed by atoms with van der Waals surface area (Å²) in [4.78, 5) is 30.3. The summed E-state index contributed by atoms with van der Waals surface area (Å²) in [5, 5.41) is 2.08. The molecule has 6 rings (SSSR count). The van der Waals surface area contributed by atoms with E-state index in [1.165, 1.54) is 0 Å². The number of amides is 1. The Labute approximate surface area is 308 Å². The first-order chi connectivity index (χ1) is 25.2. The number of ether oxygens (including phenoxy) is 2. The van der Waals surface area contributed by atoms with Crippen LogP contribution >= 0.6 is 0 Å². The zero-order valence-electron chi connectivity index (χ0n) is 29.9. The normalized spacial score (nSPS) is 11.7. The van der Waals surface area contributed by atoms with Crippen LogP contribution in [0.4, 0.5) is 5.69 Å². The number of esters is 1. The Balaban J connectivity index is 1.36. The highest BCUT2D eigenvalue weighted by atomic mass is 32.2. The summed E-state index contributed by atoms with van der Waals surface area (Å²) in [5.41, 5.74) is 6.43. The van der Waals surface area contributed by atoms with Crippen molar-refractivity contribution >= 4 is 39.3 Å². The van der Waals surface area contributed by atoms with Gasteiger partial charge in [-0.2, -0.15) is 0 Å². The van der Waals surface area contributed by atoms with E-state index >= 15 is 0 Å². The molecule has 264 valence electrons. The van der Waals surface area contributed by atoms with Crippen molar-refractivity contribution in [2.24, 2.45) is 0 Å². The molecular weight excluding hydrogens is 669 g/mol. The molecule has 0 saturated heterocycles. The standard InChI is InChI=1S/C44H42N2O5S/c1-31-24-32(2)43(33(3)25-31)52(49)45(4)28-42(47)46(27-37-20-13-19-36-18-11-12-21-39(36)37)38-22-23-40(44(48)51-30-35-16-9-6-10-17-35)41(26-38)50-29-34-14-7-5-8-15-34/h5-26H,27-30H2,1-4H3. The third-order valence-corrected chi connectivity index (χ3v) is 10.6. The number of hydrogen-bond donors (Lipinski definition) is 0. The Hall–Kier alpha value is -5.57. The molecule has 0 radical (unpaired) electrons. The quantitative estimate of drug-likeness (QED) is 0.112. The predicted molar refractivity (Wildman–Crippen MR) is 208 cm³/mol. The topological polar surface area (TPSA) is 76.2 Å². The fourth-order valence-corrected chi connectivity index (χ4v) is 7.57. The van der Waals surface area contributed by atoms with Crippen molar-refractivity contribution in [1.82, 2.24) is 4.31 Å². The van der Waals surface area contributed by atoms with Crippen molar-refractivity contribution in [2.75, 3.05) is 18.5 Å². The minimum Gasteiger partial charge on any atom is -0.488 e. The van der Waals surface area contributed by atoms with E-state index < -0.39 is 17.0 Å². The van der Waals surface area contributed by atoms with E-state index in [1.54, 1.807) is 34.5 Å². The minimum absolute atomic E-state index is 0.106. The SMILES string of the molecule is Cc1cc(C)c(S(=O)N(C)CC(=O)N(Cc2cccc3ccccc23)c2ccc(C(=O)OCc3ccccc3)c(OCc3ccccc3)c2)c(C)c1. The van der Waals surface area contributed by atoms with Crippen LogP contribution in [0.2, 0.25) is 0 Å². The number of likely N-dealkylation sites (N-methyl/N-ethyl adjacent to an activating group) is 1. The fourth-order valence-electron chi connectivity index (χ4n) is 6.36. The average Bonchev–Trinajstić information content (AvgIpc) is 3.15. The van der Waals surface area contributed by atoms with E-state index in [1.807, 2.05) is 136 Å². The maximum atomic E-state index is 14.4. The number of carbonyl (C=O) groups is 2. The van der Waals surface area contributed by atoms with Gasteiger partial charge in [-0.1, -0.05) is 121 Å². The lowest BCUT2D eigenvalue weighted by molar-refractivity contribution is -0.118. The first-order valence-electron chi connectivity index (χ1n) is 17.2. The maximum Gasteiger partial charge on any atom is 0.342 e. The Kier molecular flexibility index (Phi) is 11.6. The molecule has 6 aromatic rings. The Morgan fingerprint density at radius 3 is 2.00 bits per heavy atom. The van der Waals surface area contributed by atoms with Crippen molar-refractivity contribution in [3.63, 3.8) is 0 Å². The van der Waals surface area contributed by atoms with Gasteiger partial charge in [-0.15, -0.1) is 0 Å². The molecule has 0 bridgehead atoms. The first kappa shape index (κ1) is 36.2. The van der Waals surface area contributed by atoms with E-state index in [0.717, 1.165) is 44.2 Å². The van der Waals surface area contributed by atoms with Gasteiger partial charge in [0.1, 0.15) is 35.5 Å². The van der Waals surface area contributed by atoms with Gasteiger partial charge in [0, 0.05) is 18.8 Å². The molecule has 1 amide bonds. The number of benzene rings is 6. The van der Waals surface area contributed by atoms with Gasteiger partial charge in [0.05, 0.1) is 18.0 Å². The van der Waals surface area contributed by atoms with E-state index in [-0.39, 0.29) is 43.5 Å². The number of fused-ring (bicyclic) bond motifs is 1. The number of rotatable bonds is 13. The Bertz CT molecular complexity index is 2190. The van der Waals surface area contributed by atoms with E-state index in [4.69, 9.17) is 9.47 Å². The van der Waals surface area contributed by atoms with Gasteiger partial charge >= 0.3 is 5.97 Å². The van der Waals surface area contributed by atoms with Crippen LogP contribution < -0.4 is 9.64 Å². The Morgan fingerprint density at radius 2 is 1.31 bits per heavy atom. The van der Waals surface area contributed by atoms with Crippen molar-refractivity contribution < 1.29 is 23.3 Å². The summed E-state index contributed by atoms with van der Waals surface area (Å²) in [6.07, 6.45) is 0. The number of nitrogens with zero attached hydrogens (tertiary/aromatic N) is 2. The summed E-state index contributed by atoms with van der Waals surface area (Å²) in [5.74, 6) is -0.512. The highest BCUT2D eigenvalue weighted by Gasteiger charge is 2.25. The molecular formula is C44H42N2O5S. The molecule has 0 saturated carbocycles. The maximum absolute atomic E-state index is 14.4. The minimum atomic E-state index is -1.58. The van der Waals surface area contributed by atoms with Crippen molar-refractivity contribution in [3.8, 4) is 5.75 Å². The molecule has 0 aliphatic carbocycles. The van der Waals surface area contributed by atoms with Crippen molar-refractivity contribution in [2.45, 2.75) is 45.4 Å². The summed E-state index contributed by atoms with van der Waals surface area (Å²) in [7, 11) is 0.119. The zero-order chi connectivity index (χ0) is 36.6. The first-order valence-corrected chi connectivity index (χ1v) is 18.3. The second-order valence-electron chi connectivity index (χ2n) is 12.9. The number of anilines is 1. The van der Waals surface area contributed by atoms with Crippen LogP contribution in [-0.4, -0.2) is 34.0 Å². The fraction of sp³-hybridized carbons (Fsp3) is 0.182. The lowest BCUT2D eigenvalue weighted by Gasteiger charge is -2.27. The number of carbonyl (C=O) groups excluding carboxylic acids is 2. The van der Waals surface area contributed by atoms with Crippen LogP contribution in [0.15, 0.2) is 138 Å². The van der Waals surface area contributed by atoms with Crippen LogP contribution in [0.25, 0.3) is 10.8 Å². The molecule has 1 unspecified atom stereocenters. The second kappa shape index (κ2) is 16.6. The molecule has 1 atom stereocenters. The molecule has 8 heteroatoms. The third-order valence-electron chi connectivity index (χ3n) is 8.88. The van der Waals surface area contributed by atoms with Gasteiger partial charge in [-0.3, -0.25) is 4.79 Å². The monoisotopic (exact) mass is 710 g/mol. The highest BCUT2D eigenvalue weighted by molar-refractivity contribution is 7.82. The summed E-state index contributed by atoms with van der Waals surface area (Å²) < 4.78 is 27.5. The van der Waals surface area contributed by atoms with E-state index in [2.05, 4.69) is 0 Å². The van der Waals surface area contributed by atoms with Gasteiger partial charge in [-0.25, -0.2) is 13.3 Å². The van der Waals surface area contributed by atoms with E-state index in [0.29, 0.717) is 10.6 Å². The molecule has 6 aromatic carbocycles. The van der Waals surface area contributed by atoms with Crippen LogP contribution in [0.5, 0.6) is 5.75 Å². The van der Waals surface area contributed by atoms with Gasteiger partial charge in [0.2, 0.25) is 5.91 Å². The third kappa shape index (κ3) is 8.65. The lowest BCUT2D eigenvalue weighted by atomic mass is 10.0. The van der Waals surface area contributed by atoms with Gasteiger partial charge in [0.25, 0.3) is 0 Å². The van der Waals surface area contributed by atoms with Gasteiger partial charge in [-0.05, 0) is 71.5 Å². The van der Waals surface area contributed by atoms with Gasteiger partial charge < -0.3 is 14.4 Å². The molecule has 0 spiro atoms. The largest absolute Gasteiger partial charge is 0.488 e. The molecule has 0 fully saturated rings. The molecule has 0 aromatic heterocycles. The molecule has 0 N–H and O–H groups in total. The molecule has 7 nitrogen and oxygen atoms in total. The van der Waals surface area contributed by atoms with Crippen LogP contribution in [-0.2, 0) is 40.3 Å². The molecule has 0 aliphatic rings. The number of hydrogen-bond acceptors (Lipinski definition) is 5. The smallest absolute Gasteiger partial charge is 0.342 e. The molecule has 52 heavy (non-hydrogen) atoms. The second-order valence-corrected chi connectivity index (χ2v) is 14.4. The molecule has 0 heterocycles. The van der Waals surface area contributed by atoms with Crippen LogP contribution in [0.1, 0.15) is 43.7 Å². The molecule has 0 aliphatic heterocycles. The predicted octanol–water partition coefficient (Wildman–Crippen LogP) is 8.89. The van der Waals surface area contributed by atoms with Crippen LogP contribution in [0, 0.1) is 20.8 Å². The Morgan fingerprint density at radius 1 is 0.692 bits per heavy atom. The van der Waals surface area contributed by atoms with Gasteiger partial charge in [0.15, 0.2) is 0 Å². The summed E-state index contributed by atoms with van der Waals surface area (Å²) >= 11 is 0. The average molecular weight is 711 g/mol. The van der Waals surface area contributed by atoms with Crippen molar-refractivity contribution in [3.05, 3.63) is 172 Å². The lowest BCUT2D eigenvalue weighted by Crippen LogP contribution is -2.39. The summed E-state index contributed by atoms with van der Waals surface area (Å²) in [6, 6.07) is 42.3. The summed E-state index contributed by atoms with van der Waals surface area (Å²) in [6.45, 7) is 6.33. The zero-order valence-corrected chi connectivity index (χ0v) is 30.7.